The van der Waals surface area contributed by atoms with E-state index in [1.54, 1.807) is 18.2 Å². The summed E-state index contributed by atoms with van der Waals surface area (Å²) in [5.41, 5.74) is 0.884. The molecule has 0 aliphatic heterocycles. The van der Waals surface area contributed by atoms with Crippen molar-refractivity contribution in [3.8, 4) is 11.5 Å². The van der Waals surface area contributed by atoms with Crippen LogP contribution >= 0.6 is 0 Å². The second kappa shape index (κ2) is 7.35. The average molecular weight is 314 g/mol. The van der Waals surface area contributed by atoms with E-state index in [0.717, 1.165) is 0 Å². The summed E-state index contributed by atoms with van der Waals surface area (Å²) in [6.07, 6.45) is 2.85. The summed E-state index contributed by atoms with van der Waals surface area (Å²) in [4.78, 5) is 23.3. The largest absolute Gasteiger partial charge is 0.493 e. The molecule has 0 unspecified atom stereocenters. The minimum Gasteiger partial charge on any atom is -0.493 e. The molecule has 0 aliphatic carbocycles. The lowest BCUT2D eigenvalue weighted by Crippen LogP contribution is -2.04. The topological polar surface area (TPSA) is 52.6 Å². The number of ether oxygens (including phenoxy) is 2. The average Bonchev–Trinajstić information content (AvgIpc) is 2.53. The Morgan fingerprint density at radius 3 is 2.39 bits per heavy atom. The first-order chi connectivity index (χ1) is 11.0. The van der Waals surface area contributed by atoms with Crippen molar-refractivity contribution in [3.63, 3.8) is 0 Å². The minimum absolute atomic E-state index is 0.241. The maximum Gasteiger partial charge on any atom is 0.308 e. The van der Waals surface area contributed by atoms with Crippen LogP contribution < -0.4 is 9.47 Å². The fourth-order valence-corrected chi connectivity index (χ4v) is 1.95. The van der Waals surface area contributed by atoms with Crippen LogP contribution in [0.1, 0.15) is 22.8 Å². The Labute approximate surface area is 133 Å². The molecule has 2 rings (SSSR count). The number of rotatable bonds is 5. The van der Waals surface area contributed by atoms with Gasteiger partial charge in [-0.1, -0.05) is 12.1 Å². The number of para-hydroxylation sites is 1. The van der Waals surface area contributed by atoms with Gasteiger partial charge in [-0.05, 0) is 42.5 Å². The van der Waals surface area contributed by atoms with Crippen LogP contribution in [-0.4, -0.2) is 18.9 Å². The number of hydrogen-bond acceptors (Lipinski definition) is 4. The van der Waals surface area contributed by atoms with Gasteiger partial charge in [0.2, 0.25) is 0 Å². The third-order valence-corrected chi connectivity index (χ3v) is 3.02. The molecule has 0 amide bonds. The fourth-order valence-electron chi connectivity index (χ4n) is 1.95. The molecule has 0 aliphatic rings. The van der Waals surface area contributed by atoms with Crippen LogP contribution in [0.3, 0.4) is 0 Å². The maximum absolute atomic E-state index is 12.9. The second-order valence-corrected chi connectivity index (χ2v) is 4.68. The molecular formula is C18H15FO4. The Balaban J connectivity index is 2.29. The molecule has 0 aromatic heterocycles. The molecule has 5 heteroatoms. The fraction of sp³-hybridized carbons (Fsp3) is 0.111. The highest BCUT2D eigenvalue weighted by Crippen LogP contribution is 2.32. The number of halogens is 1. The van der Waals surface area contributed by atoms with Crippen molar-refractivity contribution < 1.29 is 23.5 Å². The van der Waals surface area contributed by atoms with Crippen LogP contribution in [0.2, 0.25) is 0 Å². The predicted octanol–water partition coefficient (Wildman–Crippen LogP) is 3.66. The van der Waals surface area contributed by atoms with E-state index in [0.29, 0.717) is 16.9 Å². The van der Waals surface area contributed by atoms with Gasteiger partial charge in [0.15, 0.2) is 17.3 Å². The SMILES string of the molecule is COc1cccc(C=CC(=O)c2ccc(F)cc2)c1OC(C)=O. The molecule has 0 saturated carbocycles. The monoisotopic (exact) mass is 314 g/mol. The summed E-state index contributed by atoms with van der Waals surface area (Å²) in [7, 11) is 1.46. The number of carbonyl (C=O) groups is 2. The highest BCUT2D eigenvalue weighted by atomic mass is 19.1. The number of ketones is 1. The predicted molar refractivity (Wildman–Crippen MR) is 84.1 cm³/mol. The van der Waals surface area contributed by atoms with Crippen LogP contribution in [0, 0.1) is 5.82 Å². The number of allylic oxidation sites excluding steroid dienone is 1. The normalized spacial score (nSPS) is 10.6. The zero-order valence-electron chi connectivity index (χ0n) is 12.7. The lowest BCUT2D eigenvalue weighted by atomic mass is 10.1. The van der Waals surface area contributed by atoms with E-state index in [1.165, 1.54) is 50.5 Å². The van der Waals surface area contributed by atoms with Gasteiger partial charge in [0.1, 0.15) is 5.82 Å². The van der Waals surface area contributed by atoms with E-state index in [-0.39, 0.29) is 11.5 Å². The van der Waals surface area contributed by atoms with Gasteiger partial charge in [-0.15, -0.1) is 0 Å². The summed E-state index contributed by atoms with van der Waals surface area (Å²) in [5.74, 6) is -0.562. The number of esters is 1. The van der Waals surface area contributed by atoms with Crippen LogP contribution in [0.25, 0.3) is 6.08 Å². The first-order valence-electron chi connectivity index (χ1n) is 6.84. The van der Waals surface area contributed by atoms with Crippen molar-refractivity contribution in [3.05, 3.63) is 65.5 Å². The quantitative estimate of drug-likeness (QED) is 0.366. The zero-order valence-corrected chi connectivity index (χ0v) is 12.7. The first-order valence-corrected chi connectivity index (χ1v) is 6.84. The Hall–Kier alpha value is -2.95. The maximum atomic E-state index is 12.9. The molecule has 0 bridgehead atoms. The molecule has 2 aromatic carbocycles. The summed E-state index contributed by atoms with van der Waals surface area (Å²) < 4.78 is 23.2. The molecule has 0 saturated heterocycles. The standard InChI is InChI=1S/C18H15FO4/c1-12(20)23-18-14(4-3-5-17(18)22-2)8-11-16(21)13-6-9-15(19)10-7-13/h3-11H,1-2H3. The lowest BCUT2D eigenvalue weighted by Gasteiger charge is -2.10. The van der Waals surface area contributed by atoms with E-state index >= 15 is 0 Å². The molecule has 0 heterocycles. The molecule has 4 nitrogen and oxygen atoms in total. The minimum atomic E-state index is -0.492. The van der Waals surface area contributed by atoms with Gasteiger partial charge in [-0.25, -0.2) is 4.39 Å². The van der Waals surface area contributed by atoms with Gasteiger partial charge >= 0.3 is 5.97 Å². The summed E-state index contributed by atoms with van der Waals surface area (Å²) in [6.45, 7) is 1.28. The Morgan fingerprint density at radius 2 is 1.78 bits per heavy atom. The highest BCUT2D eigenvalue weighted by molar-refractivity contribution is 6.07. The molecule has 2 aromatic rings. The van der Waals surface area contributed by atoms with E-state index in [4.69, 9.17) is 9.47 Å². The molecule has 0 fully saturated rings. The molecule has 23 heavy (non-hydrogen) atoms. The molecular weight excluding hydrogens is 299 g/mol. The molecule has 0 N–H and O–H groups in total. The molecule has 0 spiro atoms. The van der Waals surface area contributed by atoms with Gasteiger partial charge in [0.25, 0.3) is 0 Å². The number of methoxy groups -OCH3 is 1. The Morgan fingerprint density at radius 1 is 1.09 bits per heavy atom. The van der Waals surface area contributed by atoms with Crippen molar-refractivity contribution >= 4 is 17.8 Å². The Kier molecular flexibility index (Phi) is 5.25. The highest BCUT2D eigenvalue weighted by Gasteiger charge is 2.11. The third-order valence-electron chi connectivity index (χ3n) is 3.02. The van der Waals surface area contributed by atoms with Crippen LogP contribution in [0.4, 0.5) is 4.39 Å². The molecule has 118 valence electrons. The zero-order chi connectivity index (χ0) is 16.8. The van der Waals surface area contributed by atoms with Gasteiger partial charge in [-0.3, -0.25) is 9.59 Å². The van der Waals surface area contributed by atoms with Crippen molar-refractivity contribution in [1.82, 2.24) is 0 Å². The third kappa shape index (κ3) is 4.26. The number of hydrogen-bond donors (Lipinski definition) is 0. The van der Waals surface area contributed by atoms with E-state index in [1.807, 2.05) is 0 Å². The van der Waals surface area contributed by atoms with E-state index < -0.39 is 11.8 Å². The number of carbonyl (C=O) groups excluding carboxylic acids is 2. The van der Waals surface area contributed by atoms with Crippen molar-refractivity contribution in [2.45, 2.75) is 6.92 Å². The van der Waals surface area contributed by atoms with Gasteiger partial charge < -0.3 is 9.47 Å². The molecule has 0 radical (unpaired) electrons. The van der Waals surface area contributed by atoms with Crippen LogP contribution in [-0.2, 0) is 4.79 Å². The summed E-state index contributed by atoms with van der Waals surface area (Å²) in [6, 6.07) is 10.3. The van der Waals surface area contributed by atoms with E-state index in [9.17, 15) is 14.0 Å². The van der Waals surface area contributed by atoms with Crippen molar-refractivity contribution in [1.29, 1.82) is 0 Å². The van der Waals surface area contributed by atoms with Gasteiger partial charge in [-0.2, -0.15) is 0 Å². The smallest absolute Gasteiger partial charge is 0.308 e. The number of benzene rings is 2. The first kappa shape index (κ1) is 16.4. The van der Waals surface area contributed by atoms with Crippen molar-refractivity contribution in [2.24, 2.45) is 0 Å². The van der Waals surface area contributed by atoms with Gasteiger partial charge in [0, 0.05) is 18.1 Å². The van der Waals surface area contributed by atoms with Crippen molar-refractivity contribution in [2.75, 3.05) is 7.11 Å². The lowest BCUT2D eigenvalue weighted by molar-refractivity contribution is -0.132. The van der Waals surface area contributed by atoms with Gasteiger partial charge in [0.05, 0.1) is 7.11 Å². The van der Waals surface area contributed by atoms with E-state index in [2.05, 4.69) is 0 Å². The molecule has 0 atom stereocenters. The Bertz CT molecular complexity index is 748. The van der Waals surface area contributed by atoms with Crippen LogP contribution in [0.15, 0.2) is 48.5 Å². The second-order valence-electron chi connectivity index (χ2n) is 4.68. The summed E-state index contributed by atoms with van der Waals surface area (Å²) in [5, 5.41) is 0. The summed E-state index contributed by atoms with van der Waals surface area (Å²) >= 11 is 0. The van der Waals surface area contributed by atoms with Crippen LogP contribution in [0.5, 0.6) is 11.5 Å².